The van der Waals surface area contributed by atoms with E-state index in [-0.39, 0.29) is 17.1 Å². The van der Waals surface area contributed by atoms with E-state index in [9.17, 15) is 0 Å². The number of ether oxygens (including phenoxy) is 1. The van der Waals surface area contributed by atoms with Crippen LogP contribution in [0, 0.1) is 6.54 Å². The predicted molar refractivity (Wildman–Crippen MR) is 190 cm³/mol. The molecule has 0 N–H and O–H groups in total. The summed E-state index contributed by atoms with van der Waals surface area (Å²) in [4.78, 5) is 2.61. The molecule has 4 aromatic carbocycles. The van der Waals surface area contributed by atoms with Gasteiger partial charge in [0.2, 0.25) is 0 Å². The van der Waals surface area contributed by atoms with E-state index in [4.69, 9.17) is 24.1 Å². The number of hydrogen-bond donors (Lipinski definition) is 0. The van der Waals surface area contributed by atoms with Crippen molar-refractivity contribution < 1.29 is 18.3 Å². The molecule has 5 rings (SSSR count). The first kappa shape index (κ1) is 34.7. The van der Waals surface area contributed by atoms with Gasteiger partial charge >= 0.3 is 97.8 Å². The summed E-state index contributed by atoms with van der Waals surface area (Å²) in [5, 5.41) is 2.70. The Morgan fingerprint density at radius 2 is 1.34 bits per heavy atom. The quantitative estimate of drug-likeness (QED) is 0.139. The maximum atomic E-state index is 5.82. The van der Waals surface area contributed by atoms with Crippen molar-refractivity contribution in [1.82, 2.24) is 0 Å². The number of benzene rings is 4. The Balaban J connectivity index is 0.000000265. The second-order valence-corrected chi connectivity index (χ2v) is 19.3. The van der Waals surface area contributed by atoms with Crippen LogP contribution in [0.1, 0.15) is 103 Å². The smallest absolute Gasteiger partial charge is 0.0145 e. The zero-order valence-electron chi connectivity index (χ0n) is 27.6. The van der Waals surface area contributed by atoms with Gasteiger partial charge in [-0.1, -0.05) is 101 Å². The molecule has 0 saturated carbocycles. The van der Waals surface area contributed by atoms with Gasteiger partial charge in [0.05, 0.1) is 0 Å². The number of fused-ring (bicyclic) bond motifs is 1. The van der Waals surface area contributed by atoms with Crippen molar-refractivity contribution in [2.24, 2.45) is 0 Å². The van der Waals surface area contributed by atoms with Crippen molar-refractivity contribution in [1.29, 1.82) is 0 Å². The average Bonchev–Trinajstić information content (AvgIpc) is 3.21. The first-order chi connectivity index (χ1) is 20.7. The minimum Gasteiger partial charge on any atom is -0.517 e. The SMILES string of the molecule is CC(C)Oc1ccccc1[CH]=[Ru]([Cl])[Cl].CC(C)c1cccc(C(C)C)c1N1[CH-][C@](C)(c2cccc3ccccc23)CC1(C)C. The average molecular weight is 719 g/mol. The minimum absolute atomic E-state index is 0.0112. The van der Waals surface area contributed by atoms with Gasteiger partial charge in [-0.05, 0) is 54.0 Å². The molecule has 2 nitrogen and oxygen atoms in total. The molecule has 4 aromatic rings. The maximum absolute atomic E-state index is 5.82. The van der Waals surface area contributed by atoms with E-state index in [1.807, 2.05) is 42.7 Å². The predicted octanol–water partition coefficient (Wildman–Crippen LogP) is 11.7. The molecule has 44 heavy (non-hydrogen) atoms. The topological polar surface area (TPSA) is 12.5 Å². The largest absolute Gasteiger partial charge is 0.517 e. The Hall–Kier alpha value is -2.19. The summed E-state index contributed by atoms with van der Waals surface area (Å²) in [7, 11) is 11.6. The van der Waals surface area contributed by atoms with Gasteiger partial charge < -0.3 is 4.90 Å². The van der Waals surface area contributed by atoms with Gasteiger partial charge in [-0.2, -0.15) is 0 Å². The van der Waals surface area contributed by atoms with Crippen LogP contribution in [0.3, 0.4) is 0 Å². The summed E-state index contributed by atoms with van der Waals surface area (Å²) in [6.45, 7) is 23.0. The summed E-state index contributed by atoms with van der Waals surface area (Å²) < 4.78 is 7.51. The van der Waals surface area contributed by atoms with Crippen molar-refractivity contribution >= 4 is 40.5 Å². The molecule has 0 radical (unpaired) electrons. The third-order valence-corrected chi connectivity index (χ3v) is 10.2. The number of anilines is 1. The number of rotatable bonds is 7. The van der Waals surface area contributed by atoms with E-state index < -0.39 is 13.5 Å². The molecule has 1 heterocycles. The van der Waals surface area contributed by atoms with Crippen molar-refractivity contribution in [2.45, 2.75) is 97.6 Å². The third-order valence-electron chi connectivity index (χ3n) is 8.32. The molecule has 1 aliphatic heterocycles. The van der Waals surface area contributed by atoms with E-state index >= 15 is 0 Å². The van der Waals surface area contributed by atoms with Crippen molar-refractivity contribution in [3.63, 3.8) is 0 Å². The van der Waals surface area contributed by atoms with Crippen LogP contribution >= 0.6 is 19.4 Å². The molecule has 0 spiro atoms. The Bertz CT molecular complexity index is 1570. The van der Waals surface area contributed by atoms with Crippen molar-refractivity contribution in [3.8, 4) is 5.75 Å². The molecular formula is C39H48Cl2NORu-. The number of nitrogens with zero attached hydrogens (tertiary/aromatic N) is 1. The molecule has 5 heteroatoms. The molecule has 0 aromatic heterocycles. The fourth-order valence-electron chi connectivity index (χ4n) is 6.54. The number of para-hydroxylation sites is 2. The van der Waals surface area contributed by atoms with Gasteiger partial charge in [-0.25, -0.2) is 6.54 Å². The fourth-order valence-corrected chi connectivity index (χ4v) is 8.35. The normalized spacial score (nSPS) is 18.0. The van der Waals surface area contributed by atoms with Gasteiger partial charge in [-0.3, -0.25) is 0 Å². The fraction of sp³-hybridized carbons (Fsp3) is 0.385. The van der Waals surface area contributed by atoms with Crippen LogP contribution in [0.4, 0.5) is 5.69 Å². The zero-order valence-corrected chi connectivity index (χ0v) is 30.9. The summed E-state index contributed by atoms with van der Waals surface area (Å²) in [5.41, 5.74) is 6.79. The zero-order chi connectivity index (χ0) is 32.2. The van der Waals surface area contributed by atoms with E-state index in [1.54, 1.807) is 0 Å². The Morgan fingerprint density at radius 1 is 0.773 bits per heavy atom. The minimum atomic E-state index is -1.77. The van der Waals surface area contributed by atoms with Gasteiger partial charge in [-0.15, -0.1) is 5.41 Å². The summed E-state index contributed by atoms with van der Waals surface area (Å²) >= 11 is -1.77. The Morgan fingerprint density at radius 3 is 1.95 bits per heavy atom. The molecule has 0 unspecified atom stereocenters. The van der Waals surface area contributed by atoms with Crippen LogP contribution in [0.25, 0.3) is 10.8 Å². The molecule has 238 valence electrons. The second kappa shape index (κ2) is 14.5. The van der Waals surface area contributed by atoms with Gasteiger partial charge in [0.25, 0.3) is 0 Å². The van der Waals surface area contributed by atoms with Crippen LogP contribution in [-0.4, -0.2) is 16.3 Å². The third kappa shape index (κ3) is 7.96. The maximum Gasteiger partial charge on any atom is 0.0145 e. The van der Waals surface area contributed by atoms with Gasteiger partial charge in [0.1, 0.15) is 0 Å². The van der Waals surface area contributed by atoms with Gasteiger partial charge in [0.15, 0.2) is 0 Å². The summed E-state index contributed by atoms with van der Waals surface area (Å²) in [5.74, 6) is 1.84. The second-order valence-electron chi connectivity index (χ2n) is 13.5. The van der Waals surface area contributed by atoms with Crippen LogP contribution in [0.15, 0.2) is 84.9 Å². The molecule has 1 aliphatic rings. The first-order valence-electron chi connectivity index (χ1n) is 15.6. The molecule has 1 saturated heterocycles. The monoisotopic (exact) mass is 718 g/mol. The van der Waals surface area contributed by atoms with Gasteiger partial charge in [0, 0.05) is 11.2 Å². The summed E-state index contributed by atoms with van der Waals surface area (Å²) in [6.07, 6.45) is 1.26. The number of hydrogen-bond acceptors (Lipinski definition) is 2. The summed E-state index contributed by atoms with van der Waals surface area (Å²) in [6, 6.07) is 30.2. The van der Waals surface area contributed by atoms with E-state index in [0.717, 1.165) is 17.7 Å². The Labute approximate surface area is 279 Å². The standard InChI is InChI=1S/C29H36N.C10H12O.2ClH.Ru/c1-20(2)23-15-11-16-24(21(3)4)27(23)30-19-29(7,18-28(30,5)6)26-17-10-13-22-12-8-9-14-25(22)26;1-8(2)11-10-7-5-4-6-9(10)3;;;/h8-17,19-21H,18H2,1-7H3;3-8H,1-2H3;2*1H;/q-1;;;;+2/p-2/t29-;;;;/m1..../s1. The van der Waals surface area contributed by atoms with E-state index in [0.29, 0.717) is 11.8 Å². The Kier molecular flexibility index (Phi) is 11.4. The van der Waals surface area contributed by atoms with E-state index in [2.05, 4.69) is 121 Å². The van der Waals surface area contributed by atoms with Crippen LogP contribution in [0.5, 0.6) is 5.75 Å². The molecule has 0 amide bonds. The van der Waals surface area contributed by atoms with E-state index in [1.165, 1.54) is 33.2 Å². The first-order valence-corrected chi connectivity index (χ1v) is 21.1. The molecule has 1 atom stereocenters. The molecule has 0 bridgehead atoms. The molecule has 1 fully saturated rings. The number of halogens is 2. The van der Waals surface area contributed by atoms with Crippen LogP contribution in [0.2, 0.25) is 0 Å². The van der Waals surface area contributed by atoms with Crippen molar-refractivity contribution in [2.75, 3.05) is 4.90 Å². The molecular weight excluding hydrogens is 670 g/mol. The van der Waals surface area contributed by atoms with Crippen LogP contribution in [-0.2, 0) is 18.9 Å². The van der Waals surface area contributed by atoms with Crippen LogP contribution < -0.4 is 9.64 Å². The van der Waals surface area contributed by atoms with Crippen molar-refractivity contribution in [3.05, 3.63) is 114 Å². The molecule has 0 aliphatic carbocycles.